The monoisotopic (exact) mass is 261 g/mol. The number of hydrogen-bond acceptors (Lipinski definition) is 2. The second kappa shape index (κ2) is 5.64. The molecular formula is C16H23NO2. The summed E-state index contributed by atoms with van der Waals surface area (Å²) in [5, 5.41) is 3.17. The van der Waals surface area contributed by atoms with Gasteiger partial charge in [-0.1, -0.05) is 31.0 Å². The molecule has 2 rings (SSSR count). The Morgan fingerprint density at radius 1 is 1.26 bits per heavy atom. The summed E-state index contributed by atoms with van der Waals surface area (Å²) >= 11 is 0. The Kier molecular flexibility index (Phi) is 4.13. The predicted molar refractivity (Wildman–Crippen MR) is 76.4 cm³/mol. The van der Waals surface area contributed by atoms with Crippen LogP contribution in [0.2, 0.25) is 0 Å². The highest BCUT2D eigenvalue weighted by Crippen LogP contribution is 2.32. The van der Waals surface area contributed by atoms with Gasteiger partial charge >= 0.3 is 0 Å². The van der Waals surface area contributed by atoms with Crippen molar-refractivity contribution in [3.05, 3.63) is 29.8 Å². The van der Waals surface area contributed by atoms with Gasteiger partial charge in [-0.2, -0.15) is 0 Å². The lowest BCUT2D eigenvalue weighted by molar-refractivity contribution is -0.126. The van der Waals surface area contributed by atoms with Crippen LogP contribution in [0.25, 0.3) is 0 Å². The van der Waals surface area contributed by atoms with Gasteiger partial charge in [0.1, 0.15) is 5.75 Å². The van der Waals surface area contributed by atoms with Gasteiger partial charge in [-0.15, -0.1) is 0 Å². The number of methoxy groups -OCH3 is 1. The van der Waals surface area contributed by atoms with E-state index in [1.807, 2.05) is 38.1 Å². The maximum Gasteiger partial charge on any atom is 0.230 e. The minimum absolute atomic E-state index is 0.0869. The fourth-order valence-corrected chi connectivity index (χ4v) is 2.72. The Morgan fingerprint density at radius 2 is 1.89 bits per heavy atom. The van der Waals surface area contributed by atoms with Crippen molar-refractivity contribution in [3.8, 4) is 5.75 Å². The van der Waals surface area contributed by atoms with Crippen LogP contribution < -0.4 is 10.1 Å². The quantitative estimate of drug-likeness (QED) is 0.904. The van der Waals surface area contributed by atoms with Crippen molar-refractivity contribution in [1.29, 1.82) is 0 Å². The molecule has 1 aromatic rings. The van der Waals surface area contributed by atoms with Gasteiger partial charge in [-0.3, -0.25) is 4.79 Å². The van der Waals surface area contributed by atoms with E-state index in [1.165, 1.54) is 12.8 Å². The second-order valence-corrected chi connectivity index (χ2v) is 5.78. The van der Waals surface area contributed by atoms with E-state index in [0.717, 1.165) is 24.2 Å². The molecular weight excluding hydrogens is 238 g/mol. The summed E-state index contributed by atoms with van der Waals surface area (Å²) in [6.07, 6.45) is 4.65. The summed E-state index contributed by atoms with van der Waals surface area (Å²) in [6.45, 7) is 3.91. The third kappa shape index (κ3) is 2.91. The lowest BCUT2D eigenvalue weighted by Gasteiger charge is -2.27. The van der Waals surface area contributed by atoms with Gasteiger partial charge < -0.3 is 10.1 Å². The SMILES string of the molecule is COc1ccccc1C(C)(C)C(=O)NC1CCCC1. The van der Waals surface area contributed by atoms with Crippen LogP contribution >= 0.6 is 0 Å². The molecule has 0 spiro atoms. The Balaban J connectivity index is 2.17. The Labute approximate surface area is 115 Å². The lowest BCUT2D eigenvalue weighted by atomic mass is 9.82. The van der Waals surface area contributed by atoms with Gasteiger partial charge in [0.15, 0.2) is 0 Å². The number of ether oxygens (including phenoxy) is 1. The van der Waals surface area contributed by atoms with Crippen molar-refractivity contribution in [2.75, 3.05) is 7.11 Å². The van der Waals surface area contributed by atoms with Crippen molar-refractivity contribution in [2.45, 2.75) is 51.0 Å². The van der Waals surface area contributed by atoms with E-state index in [0.29, 0.717) is 6.04 Å². The number of nitrogens with one attached hydrogen (secondary N) is 1. The number of carbonyl (C=O) groups is 1. The molecule has 3 nitrogen and oxygen atoms in total. The zero-order valence-corrected chi connectivity index (χ0v) is 12.0. The smallest absolute Gasteiger partial charge is 0.230 e. The van der Waals surface area contributed by atoms with Crippen molar-refractivity contribution in [3.63, 3.8) is 0 Å². The zero-order valence-electron chi connectivity index (χ0n) is 12.0. The van der Waals surface area contributed by atoms with Crippen LogP contribution in [0.1, 0.15) is 45.1 Å². The van der Waals surface area contributed by atoms with Crippen molar-refractivity contribution >= 4 is 5.91 Å². The minimum atomic E-state index is -0.574. The average Bonchev–Trinajstić information content (AvgIpc) is 2.91. The van der Waals surface area contributed by atoms with E-state index < -0.39 is 5.41 Å². The predicted octanol–water partition coefficient (Wildman–Crippen LogP) is 3.03. The second-order valence-electron chi connectivity index (χ2n) is 5.78. The number of para-hydroxylation sites is 1. The molecule has 0 heterocycles. The van der Waals surface area contributed by atoms with Gasteiger partial charge in [0, 0.05) is 11.6 Å². The number of benzene rings is 1. The van der Waals surface area contributed by atoms with Gasteiger partial charge in [0.05, 0.1) is 12.5 Å². The molecule has 1 aromatic carbocycles. The van der Waals surface area contributed by atoms with Crippen LogP contribution in [0.4, 0.5) is 0 Å². The summed E-state index contributed by atoms with van der Waals surface area (Å²) in [7, 11) is 1.64. The maximum atomic E-state index is 12.5. The standard InChI is InChI=1S/C16H23NO2/c1-16(2,13-10-6-7-11-14(13)19-3)15(18)17-12-8-4-5-9-12/h6-7,10-12H,4-5,8-9H2,1-3H3,(H,17,18). The van der Waals surface area contributed by atoms with Crippen LogP contribution in [-0.2, 0) is 10.2 Å². The van der Waals surface area contributed by atoms with Crippen LogP contribution in [-0.4, -0.2) is 19.1 Å². The van der Waals surface area contributed by atoms with Crippen LogP contribution in [0.3, 0.4) is 0 Å². The van der Waals surface area contributed by atoms with Crippen LogP contribution in [0, 0.1) is 0 Å². The van der Waals surface area contributed by atoms with Crippen molar-refractivity contribution in [1.82, 2.24) is 5.32 Å². The van der Waals surface area contributed by atoms with E-state index in [-0.39, 0.29) is 5.91 Å². The molecule has 0 aliphatic heterocycles. The van der Waals surface area contributed by atoms with Crippen LogP contribution in [0.15, 0.2) is 24.3 Å². The van der Waals surface area contributed by atoms with Gasteiger partial charge in [0.25, 0.3) is 0 Å². The van der Waals surface area contributed by atoms with Gasteiger partial charge in [0.2, 0.25) is 5.91 Å². The fraction of sp³-hybridized carbons (Fsp3) is 0.562. The molecule has 104 valence electrons. The molecule has 0 aromatic heterocycles. The summed E-state index contributed by atoms with van der Waals surface area (Å²) in [6, 6.07) is 8.09. The molecule has 1 aliphatic carbocycles. The highest BCUT2D eigenvalue weighted by molar-refractivity contribution is 5.88. The number of hydrogen-bond donors (Lipinski definition) is 1. The van der Waals surface area contributed by atoms with Gasteiger partial charge in [-0.25, -0.2) is 0 Å². The molecule has 3 heteroatoms. The Hall–Kier alpha value is -1.51. The zero-order chi connectivity index (χ0) is 13.9. The van der Waals surface area contributed by atoms with Crippen molar-refractivity contribution < 1.29 is 9.53 Å². The molecule has 0 atom stereocenters. The molecule has 1 amide bonds. The van der Waals surface area contributed by atoms with E-state index in [1.54, 1.807) is 7.11 Å². The highest BCUT2D eigenvalue weighted by atomic mass is 16.5. The topological polar surface area (TPSA) is 38.3 Å². The molecule has 1 fully saturated rings. The first kappa shape index (κ1) is 13.9. The third-order valence-corrected chi connectivity index (χ3v) is 4.04. The number of amides is 1. The maximum absolute atomic E-state index is 12.5. The molecule has 0 bridgehead atoms. The molecule has 0 saturated heterocycles. The lowest BCUT2D eigenvalue weighted by Crippen LogP contribution is -2.44. The Morgan fingerprint density at radius 3 is 2.53 bits per heavy atom. The molecule has 1 saturated carbocycles. The summed E-state index contributed by atoms with van der Waals surface area (Å²) in [5.41, 5.74) is 0.364. The van der Waals surface area contributed by atoms with Crippen LogP contribution in [0.5, 0.6) is 5.75 Å². The van der Waals surface area contributed by atoms with E-state index in [4.69, 9.17) is 4.74 Å². The summed E-state index contributed by atoms with van der Waals surface area (Å²) < 4.78 is 5.37. The third-order valence-electron chi connectivity index (χ3n) is 4.04. The Bertz CT molecular complexity index is 448. The largest absolute Gasteiger partial charge is 0.496 e. The molecule has 1 N–H and O–H groups in total. The van der Waals surface area contributed by atoms with Gasteiger partial charge in [-0.05, 0) is 32.8 Å². The van der Waals surface area contributed by atoms with E-state index in [9.17, 15) is 4.79 Å². The highest BCUT2D eigenvalue weighted by Gasteiger charge is 2.34. The normalized spacial score (nSPS) is 16.4. The minimum Gasteiger partial charge on any atom is -0.496 e. The fourth-order valence-electron chi connectivity index (χ4n) is 2.72. The van der Waals surface area contributed by atoms with E-state index >= 15 is 0 Å². The molecule has 1 aliphatic rings. The first-order valence-electron chi connectivity index (χ1n) is 7.00. The molecule has 0 unspecified atom stereocenters. The number of carbonyl (C=O) groups excluding carboxylic acids is 1. The summed E-state index contributed by atoms with van der Waals surface area (Å²) in [4.78, 5) is 12.5. The molecule has 19 heavy (non-hydrogen) atoms. The first-order valence-corrected chi connectivity index (χ1v) is 7.00. The molecule has 0 radical (unpaired) electrons. The first-order chi connectivity index (χ1) is 9.05. The number of rotatable bonds is 4. The van der Waals surface area contributed by atoms with Crippen molar-refractivity contribution in [2.24, 2.45) is 0 Å². The average molecular weight is 261 g/mol. The van der Waals surface area contributed by atoms with E-state index in [2.05, 4.69) is 5.32 Å². The summed E-state index contributed by atoms with van der Waals surface area (Å²) in [5.74, 6) is 0.859.